The van der Waals surface area contributed by atoms with E-state index in [1.807, 2.05) is 6.92 Å². The van der Waals surface area contributed by atoms with Crippen molar-refractivity contribution in [1.29, 1.82) is 0 Å². The van der Waals surface area contributed by atoms with Gasteiger partial charge in [0, 0.05) is 12.1 Å². The van der Waals surface area contributed by atoms with Crippen LogP contribution in [0.1, 0.15) is 28.4 Å². The lowest BCUT2D eigenvalue weighted by molar-refractivity contribution is -0.137. The van der Waals surface area contributed by atoms with Crippen molar-refractivity contribution >= 4 is 5.91 Å². The van der Waals surface area contributed by atoms with Crippen LogP contribution in [-0.4, -0.2) is 19.6 Å². The van der Waals surface area contributed by atoms with Crippen LogP contribution < -0.4 is 14.8 Å². The number of methoxy groups -OCH3 is 1. The Hall–Kier alpha value is -2.70. The molecule has 0 spiro atoms. The summed E-state index contributed by atoms with van der Waals surface area (Å²) in [7, 11) is 1.52. The zero-order valence-corrected chi connectivity index (χ0v) is 13.8. The van der Waals surface area contributed by atoms with Crippen LogP contribution in [0.15, 0.2) is 42.5 Å². The molecule has 0 radical (unpaired) electrons. The van der Waals surface area contributed by atoms with E-state index in [-0.39, 0.29) is 12.1 Å². The van der Waals surface area contributed by atoms with Gasteiger partial charge >= 0.3 is 6.18 Å². The van der Waals surface area contributed by atoms with E-state index in [0.29, 0.717) is 18.1 Å². The lowest BCUT2D eigenvalue weighted by atomic mass is 10.1. The molecule has 2 aromatic carbocycles. The van der Waals surface area contributed by atoms with Crippen molar-refractivity contribution < 1.29 is 27.4 Å². The highest BCUT2D eigenvalue weighted by atomic mass is 19.4. The minimum Gasteiger partial charge on any atom is -0.493 e. The Labute approximate surface area is 143 Å². The van der Waals surface area contributed by atoms with Crippen LogP contribution in [-0.2, 0) is 12.7 Å². The van der Waals surface area contributed by atoms with Gasteiger partial charge in [-0.05, 0) is 48.9 Å². The Morgan fingerprint density at radius 2 is 1.76 bits per heavy atom. The summed E-state index contributed by atoms with van der Waals surface area (Å²) in [6.07, 6.45) is -4.42. The predicted molar refractivity (Wildman–Crippen MR) is 86.8 cm³/mol. The van der Waals surface area contributed by atoms with Gasteiger partial charge in [-0.2, -0.15) is 13.2 Å². The summed E-state index contributed by atoms with van der Waals surface area (Å²) in [6.45, 7) is 2.57. The van der Waals surface area contributed by atoms with Crippen molar-refractivity contribution in [2.24, 2.45) is 0 Å². The second-order valence-electron chi connectivity index (χ2n) is 5.18. The first-order valence-corrected chi connectivity index (χ1v) is 7.60. The van der Waals surface area contributed by atoms with Crippen LogP contribution in [0.2, 0.25) is 0 Å². The quantitative estimate of drug-likeness (QED) is 0.853. The zero-order chi connectivity index (χ0) is 18.4. The molecule has 0 aromatic heterocycles. The topological polar surface area (TPSA) is 47.6 Å². The normalized spacial score (nSPS) is 11.1. The number of hydrogen-bond donors (Lipinski definition) is 1. The molecular weight excluding hydrogens is 335 g/mol. The summed E-state index contributed by atoms with van der Waals surface area (Å²) in [5.74, 6) is 0.688. The van der Waals surface area contributed by atoms with Gasteiger partial charge in [-0.3, -0.25) is 4.79 Å². The number of ether oxygens (including phenoxy) is 2. The number of amides is 1. The molecular formula is C18H18F3NO3. The molecule has 0 heterocycles. The molecule has 0 aliphatic heterocycles. The van der Waals surface area contributed by atoms with Gasteiger partial charge in [0.05, 0.1) is 19.3 Å². The summed E-state index contributed by atoms with van der Waals surface area (Å²) in [5.41, 5.74) is 0.145. The second kappa shape index (κ2) is 7.92. The molecule has 134 valence electrons. The number of halogens is 3. The molecule has 0 aliphatic carbocycles. The van der Waals surface area contributed by atoms with Gasteiger partial charge in [0.15, 0.2) is 11.5 Å². The summed E-state index contributed by atoms with van der Waals surface area (Å²) >= 11 is 0. The van der Waals surface area contributed by atoms with E-state index in [4.69, 9.17) is 9.47 Å². The smallest absolute Gasteiger partial charge is 0.416 e. The van der Waals surface area contributed by atoms with Crippen LogP contribution in [0.3, 0.4) is 0 Å². The maximum absolute atomic E-state index is 12.5. The van der Waals surface area contributed by atoms with Crippen molar-refractivity contribution in [1.82, 2.24) is 5.32 Å². The lowest BCUT2D eigenvalue weighted by Gasteiger charge is -2.12. The Morgan fingerprint density at radius 1 is 1.08 bits per heavy atom. The molecule has 0 unspecified atom stereocenters. The highest BCUT2D eigenvalue weighted by Gasteiger charge is 2.30. The third-order valence-corrected chi connectivity index (χ3v) is 3.46. The molecule has 1 N–H and O–H groups in total. The van der Waals surface area contributed by atoms with Crippen molar-refractivity contribution in [2.75, 3.05) is 13.7 Å². The average molecular weight is 353 g/mol. The second-order valence-corrected chi connectivity index (χ2v) is 5.18. The fraction of sp³-hybridized carbons (Fsp3) is 0.278. The molecule has 1 amide bonds. The summed E-state index contributed by atoms with van der Waals surface area (Å²) in [5, 5.41) is 2.66. The van der Waals surface area contributed by atoms with Crippen molar-refractivity contribution in [3.8, 4) is 11.5 Å². The molecule has 0 saturated heterocycles. The van der Waals surface area contributed by atoms with E-state index >= 15 is 0 Å². The molecule has 0 saturated carbocycles. The standard InChI is InChI=1S/C18H18F3NO3/c1-3-25-15-9-4-12(10-16(15)24-2)11-22-17(23)13-5-7-14(8-6-13)18(19,20)21/h4-10H,3,11H2,1-2H3,(H,22,23). The SMILES string of the molecule is CCOc1ccc(CNC(=O)c2ccc(C(F)(F)F)cc2)cc1OC. The zero-order valence-electron chi connectivity index (χ0n) is 13.8. The molecule has 2 rings (SSSR count). The van der Waals surface area contributed by atoms with E-state index in [1.54, 1.807) is 18.2 Å². The van der Waals surface area contributed by atoms with Gasteiger partial charge in [0.25, 0.3) is 5.91 Å². The highest BCUT2D eigenvalue weighted by Crippen LogP contribution is 2.29. The number of benzene rings is 2. The average Bonchev–Trinajstić information content (AvgIpc) is 2.60. The van der Waals surface area contributed by atoms with Crippen LogP contribution >= 0.6 is 0 Å². The Kier molecular flexibility index (Phi) is 5.90. The number of carbonyl (C=O) groups excluding carboxylic acids is 1. The van der Waals surface area contributed by atoms with Crippen molar-refractivity contribution in [3.63, 3.8) is 0 Å². The maximum Gasteiger partial charge on any atom is 0.416 e. The van der Waals surface area contributed by atoms with E-state index in [2.05, 4.69) is 5.32 Å². The first-order valence-electron chi connectivity index (χ1n) is 7.60. The minimum atomic E-state index is -4.42. The molecule has 0 fully saturated rings. The first kappa shape index (κ1) is 18.6. The first-order chi connectivity index (χ1) is 11.8. The van der Waals surface area contributed by atoms with Crippen LogP contribution in [0.5, 0.6) is 11.5 Å². The molecule has 0 atom stereocenters. The van der Waals surface area contributed by atoms with E-state index in [1.165, 1.54) is 7.11 Å². The monoisotopic (exact) mass is 353 g/mol. The van der Waals surface area contributed by atoms with Gasteiger partial charge in [-0.1, -0.05) is 6.07 Å². The fourth-order valence-corrected chi connectivity index (χ4v) is 2.19. The number of nitrogens with one attached hydrogen (secondary N) is 1. The summed E-state index contributed by atoms with van der Waals surface area (Å²) in [6, 6.07) is 9.32. The number of alkyl halides is 3. The van der Waals surface area contributed by atoms with Crippen LogP contribution in [0.4, 0.5) is 13.2 Å². The molecule has 2 aromatic rings. The number of hydrogen-bond acceptors (Lipinski definition) is 3. The van der Waals surface area contributed by atoms with E-state index in [9.17, 15) is 18.0 Å². The van der Waals surface area contributed by atoms with Gasteiger partial charge in [-0.25, -0.2) is 0 Å². The minimum absolute atomic E-state index is 0.158. The van der Waals surface area contributed by atoms with Crippen molar-refractivity contribution in [2.45, 2.75) is 19.6 Å². The largest absolute Gasteiger partial charge is 0.493 e. The number of rotatable bonds is 6. The summed E-state index contributed by atoms with van der Waals surface area (Å²) in [4.78, 5) is 12.1. The van der Waals surface area contributed by atoms with Crippen LogP contribution in [0, 0.1) is 0 Å². The van der Waals surface area contributed by atoms with E-state index in [0.717, 1.165) is 29.8 Å². The molecule has 0 aliphatic rings. The highest BCUT2D eigenvalue weighted by molar-refractivity contribution is 5.94. The summed E-state index contributed by atoms with van der Waals surface area (Å²) < 4.78 is 48.2. The Balaban J connectivity index is 2.02. The van der Waals surface area contributed by atoms with Gasteiger partial charge < -0.3 is 14.8 Å². The van der Waals surface area contributed by atoms with Crippen molar-refractivity contribution in [3.05, 3.63) is 59.2 Å². The van der Waals surface area contributed by atoms with Crippen LogP contribution in [0.25, 0.3) is 0 Å². The third-order valence-electron chi connectivity index (χ3n) is 3.46. The Bertz CT molecular complexity index is 727. The predicted octanol–water partition coefficient (Wildman–Crippen LogP) is 4.04. The third kappa shape index (κ3) is 4.89. The molecule has 4 nitrogen and oxygen atoms in total. The number of carbonyl (C=O) groups is 1. The van der Waals surface area contributed by atoms with Gasteiger partial charge in [0.2, 0.25) is 0 Å². The Morgan fingerprint density at radius 3 is 2.32 bits per heavy atom. The molecule has 7 heteroatoms. The fourth-order valence-electron chi connectivity index (χ4n) is 2.19. The van der Waals surface area contributed by atoms with Gasteiger partial charge in [-0.15, -0.1) is 0 Å². The maximum atomic E-state index is 12.5. The molecule has 25 heavy (non-hydrogen) atoms. The van der Waals surface area contributed by atoms with E-state index < -0.39 is 17.6 Å². The lowest BCUT2D eigenvalue weighted by Crippen LogP contribution is -2.23. The van der Waals surface area contributed by atoms with Gasteiger partial charge in [0.1, 0.15) is 0 Å². The molecule has 0 bridgehead atoms.